The van der Waals surface area contributed by atoms with Gasteiger partial charge in [-0.15, -0.1) is 0 Å². The van der Waals surface area contributed by atoms with Crippen LogP contribution in [0.3, 0.4) is 0 Å². The van der Waals surface area contributed by atoms with Gasteiger partial charge in [-0.3, -0.25) is 4.90 Å². The highest BCUT2D eigenvalue weighted by molar-refractivity contribution is 5.80. The SMILES string of the molecule is CCOC(=O)N(CC)C(C(=O)O)C(C)CC. The Labute approximate surface area is 96.4 Å². The first-order valence-corrected chi connectivity index (χ1v) is 5.65. The molecule has 0 radical (unpaired) electrons. The normalized spacial score (nSPS) is 14.0. The van der Waals surface area contributed by atoms with E-state index in [1.165, 1.54) is 4.90 Å². The molecule has 0 aromatic carbocycles. The molecule has 1 amide bonds. The van der Waals surface area contributed by atoms with Crippen molar-refractivity contribution in [2.45, 2.75) is 40.2 Å². The molecule has 2 unspecified atom stereocenters. The van der Waals surface area contributed by atoms with Crippen molar-refractivity contribution in [3.63, 3.8) is 0 Å². The highest BCUT2D eigenvalue weighted by Crippen LogP contribution is 2.16. The maximum absolute atomic E-state index is 11.6. The number of likely N-dealkylation sites (N-methyl/N-ethyl adjacent to an activating group) is 1. The zero-order valence-electron chi connectivity index (χ0n) is 10.4. The number of hydrogen-bond donors (Lipinski definition) is 1. The van der Waals surface area contributed by atoms with E-state index in [9.17, 15) is 9.59 Å². The molecule has 2 atom stereocenters. The van der Waals surface area contributed by atoms with E-state index in [1.807, 2.05) is 13.8 Å². The van der Waals surface area contributed by atoms with Gasteiger partial charge in [0.25, 0.3) is 0 Å². The van der Waals surface area contributed by atoms with Gasteiger partial charge in [-0.1, -0.05) is 20.3 Å². The van der Waals surface area contributed by atoms with Crippen LogP contribution in [-0.2, 0) is 9.53 Å². The predicted molar refractivity (Wildman–Crippen MR) is 60.3 cm³/mol. The van der Waals surface area contributed by atoms with Crippen molar-refractivity contribution in [1.82, 2.24) is 4.90 Å². The first-order chi connectivity index (χ1) is 7.49. The van der Waals surface area contributed by atoms with E-state index in [1.54, 1.807) is 13.8 Å². The molecule has 94 valence electrons. The van der Waals surface area contributed by atoms with E-state index in [0.717, 1.165) is 0 Å². The van der Waals surface area contributed by atoms with Gasteiger partial charge in [-0.05, 0) is 19.8 Å². The lowest BCUT2D eigenvalue weighted by molar-refractivity contribution is -0.144. The summed E-state index contributed by atoms with van der Waals surface area (Å²) in [5.74, 6) is -1.08. The standard InChI is InChI=1S/C11H21NO4/c1-5-8(4)9(10(13)14)12(6-2)11(15)16-7-3/h8-9H,5-7H2,1-4H3,(H,13,14). The van der Waals surface area contributed by atoms with E-state index in [4.69, 9.17) is 9.84 Å². The molecule has 0 fully saturated rings. The Morgan fingerprint density at radius 1 is 1.31 bits per heavy atom. The van der Waals surface area contributed by atoms with Crippen molar-refractivity contribution in [2.24, 2.45) is 5.92 Å². The molecule has 0 rings (SSSR count). The minimum absolute atomic E-state index is 0.0955. The first-order valence-electron chi connectivity index (χ1n) is 5.65. The van der Waals surface area contributed by atoms with E-state index in [2.05, 4.69) is 0 Å². The Morgan fingerprint density at radius 2 is 1.88 bits per heavy atom. The molecule has 16 heavy (non-hydrogen) atoms. The molecule has 0 aliphatic rings. The van der Waals surface area contributed by atoms with Crippen LogP contribution >= 0.6 is 0 Å². The van der Waals surface area contributed by atoms with Crippen LogP contribution in [0.2, 0.25) is 0 Å². The Bertz CT molecular complexity index is 242. The monoisotopic (exact) mass is 231 g/mol. The third-order valence-electron chi connectivity index (χ3n) is 2.61. The van der Waals surface area contributed by atoms with Crippen LogP contribution in [0.5, 0.6) is 0 Å². The molecule has 0 aromatic heterocycles. The zero-order chi connectivity index (χ0) is 12.7. The molecular weight excluding hydrogens is 210 g/mol. The van der Waals surface area contributed by atoms with Gasteiger partial charge in [0.05, 0.1) is 6.61 Å². The molecule has 0 aliphatic heterocycles. The maximum Gasteiger partial charge on any atom is 0.410 e. The Balaban J connectivity index is 4.84. The van der Waals surface area contributed by atoms with Gasteiger partial charge in [0.2, 0.25) is 0 Å². The fraction of sp³-hybridized carbons (Fsp3) is 0.818. The molecule has 1 N–H and O–H groups in total. The van der Waals surface area contributed by atoms with Crippen molar-refractivity contribution in [2.75, 3.05) is 13.2 Å². The van der Waals surface area contributed by atoms with Crippen LogP contribution in [0.1, 0.15) is 34.1 Å². The average Bonchev–Trinajstić information content (AvgIpc) is 2.24. The summed E-state index contributed by atoms with van der Waals surface area (Å²) in [6, 6.07) is -0.811. The second-order valence-corrected chi connectivity index (χ2v) is 3.65. The van der Waals surface area contributed by atoms with Crippen molar-refractivity contribution in [3.05, 3.63) is 0 Å². The molecule has 0 aliphatic carbocycles. The number of carboxylic acids is 1. The van der Waals surface area contributed by atoms with Crippen molar-refractivity contribution >= 4 is 12.1 Å². The van der Waals surface area contributed by atoms with Crippen LogP contribution in [0, 0.1) is 5.92 Å². The fourth-order valence-corrected chi connectivity index (χ4v) is 1.55. The predicted octanol–water partition coefficient (Wildman–Crippen LogP) is 1.96. The Hall–Kier alpha value is -1.26. The molecule has 0 spiro atoms. The van der Waals surface area contributed by atoms with Gasteiger partial charge >= 0.3 is 12.1 Å². The fourth-order valence-electron chi connectivity index (χ4n) is 1.55. The summed E-state index contributed by atoms with van der Waals surface area (Å²) in [7, 11) is 0. The number of ether oxygens (including phenoxy) is 1. The Morgan fingerprint density at radius 3 is 2.19 bits per heavy atom. The number of carboxylic acid groups (broad SMARTS) is 1. The number of carbonyl (C=O) groups excluding carboxylic acids is 1. The first kappa shape index (κ1) is 14.7. The van der Waals surface area contributed by atoms with Gasteiger partial charge in [-0.25, -0.2) is 9.59 Å². The van der Waals surface area contributed by atoms with Gasteiger partial charge < -0.3 is 9.84 Å². The van der Waals surface area contributed by atoms with Crippen LogP contribution in [0.15, 0.2) is 0 Å². The highest BCUT2D eigenvalue weighted by atomic mass is 16.6. The molecule has 5 nitrogen and oxygen atoms in total. The molecule has 5 heteroatoms. The number of carbonyl (C=O) groups is 2. The van der Waals surface area contributed by atoms with Crippen molar-refractivity contribution < 1.29 is 19.4 Å². The number of rotatable bonds is 6. The molecule has 0 saturated carbocycles. The van der Waals surface area contributed by atoms with E-state index < -0.39 is 18.1 Å². The summed E-state index contributed by atoms with van der Waals surface area (Å²) < 4.78 is 4.84. The quantitative estimate of drug-likeness (QED) is 0.758. The largest absolute Gasteiger partial charge is 0.480 e. The maximum atomic E-state index is 11.6. The second-order valence-electron chi connectivity index (χ2n) is 3.65. The van der Waals surface area contributed by atoms with Gasteiger partial charge in [0.1, 0.15) is 6.04 Å². The highest BCUT2D eigenvalue weighted by Gasteiger charge is 2.33. The van der Waals surface area contributed by atoms with Crippen LogP contribution in [0.4, 0.5) is 4.79 Å². The summed E-state index contributed by atoms with van der Waals surface area (Å²) in [5.41, 5.74) is 0. The molecule has 0 saturated heterocycles. The van der Waals surface area contributed by atoms with Gasteiger partial charge in [0.15, 0.2) is 0 Å². The lowest BCUT2D eigenvalue weighted by Gasteiger charge is -2.30. The van der Waals surface area contributed by atoms with Crippen LogP contribution in [-0.4, -0.2) is 41.3 Å². The minimum atomic E-state index is -0.982. The lowest BCUT2D eigenvalue weighted by Crippen LogP contribution is -2.48. The summed E-state index contributed by atoms with van der Waals surface area (Å²) in [6.45, 7) is 7.75. The smallest absolute Gasteiger partial charge is 0.410 e. The van der Waals surface area contributed by atoms with Gasteiger partial charge in [0, 0.05) is 6.54 Å². The average molecular weight is 231 g/mol. The summed E-state index contributed by atoms with van der Waals surface area (Å²) >= 11 is 0. The number of aliphatic carboxylic acids is 1. The summed E-state index contributed by atoms with van der Waals surface area (Å²) in [4.78, 5) is 24.0. The number of nitrogens with zero attached hydrogens (tertiary/aromatic N) is 1. The molecular formula is C11H21NO4. The minimum Gasteiger partial charge on any atom is -0.480 e. The van der Waals surface area contributed by atoms with Crippen LogP contribution in [0.25, 0.3) is 0 Å². The molecule has 0 bridgehead atoms. The summed E-state index contributed by atoms with van der Waals surface area (Å²) in [6.07, 6.45) is 0.144. The zero-order valence-corrected chi connectivity index (χ0v) is 10.4. The molecule has 0 aromatic rings. The van der Waals surface area contributed by atoms with Crippen LogP contribution < -0.4 is 0 Å². The topological polar surface area (TPSA) is 66.8 Å². The third-order valence-corrected chi connectivity index (χ3v) is 2.61. The van der Waals surface area contributed by atoms with Crippen molar-refractivity contribution in [1.29, 1.82) is 0 Å². The van der Waals surface area contributed by atoms with Crippen molar-refractivity contribution in [3.8, 4) is 0 Å². The second kappa shape index (κ2) is 7.09. The number of amides is 1. The van der Waals surface area contributed by atoms with E-state index in [0.29, 0.717) is 13.0 Å². The van der Waals surface area contributed by atoms with Gasteiger partial charge in [-0.2, -0.15) is 0 Å². The molecule has 0 heterocycles. The lowest BCUT2D eigenvalue weighted by atomic mass is 9.98. The number of hydrogen-bond acceptors (Lipinski definition) is 3. The Kier molecular flexibility index (Phi) is 6.53. The van der Waals surface area contributed by atoms with E-state index >= 15 is 0 Å². The summed E-state index contributed by atoms with van der Waals surface area (Å²) in [5, 5.41) is 9.14. The van der Waals surface area contributed by atoms with E-state index in [-0.39, 0.29) is 12.5 Å². The third kappa shape index (κ3) is 3.72.